The van der Waals surface area contributed by atoms with Gasteiger partial charge in [0.25, 0.3) is 0 Å². The van der Waals surface area contributed by atoms with E-state index in [4.69, 9.17) is 0 Å². The van der Waals surface area contributed by atoms with Crippen LogP contribution in [0.15, 0.2) is 59.5 Å². The molecular formula is C23H30N2OS. The molecule has 0 saturated carbocycles. The van der Waals surface area contributed by atoms with Gasteiger partial charge in [-0.2, -0.15) is 0 Å². The highest BCUT2D eigenvalue weighted by Crippen LogP contribution is 2.26. The molecule has 1 N–H and O–H groups in total. The molecule has 3 unspecified atom stereocenters. The standard InChI is InChI=1S/C23H30N2OS/c1-17-8-7-15-25(16-17)21-13-11-20(12-14-21)18(2)24-23(26)19(3)27-22-9-5-4-6-10-22/h4-6,9-14,17-19H,7-8,15-16H2,1-3H3,(H,24,26). The maximum Gasteiger partial charge on any atom is 0.233 e. The molecule has 2 aromatic rings. The third kappa shape index (κ3) is 5.52. The predicted octanol–water partition coefficient (Wildman–Crippen LogP) is 5.28. The number of nitrogens with one attached hydrogen (secondary N) is 1. The maximum absolute atomic E-state index is 12.5. The minimum atomic E-state index is -0.121. The van der Waals surface area contributed by atoms with E-state index in [9.17, 15) is 4.79 Å². The molecule has 2 aromatic carbocycles. The molecular weight excluding hydrogens is 352 g/mol. The molecule has 4 heteroatoms. The van der Waals surface area contributed by atoms with Crippen LogP contribution in [0, 0.1) is 5.92 Å². The lowest BCUT2D eigenvalue weighted by molar-refractivity contribution is -0.120. The van der Waals surface area contributed by atoms with Gasteiger partial charge < -0.3 is 10.2 Å². The van der Waals surface area contributed by atoms with E-state index in [1.807, 2.05) is 37.3 Å². The summed E-state index contributed by atoms with van der Waals surface area (Å²) in [5.74, 6) is 0.838. The van der Waals surface area contributed by atoms with Crippen molar-refractivity contribution in [1.82, 2.24) is 5.32 Å². The second kappa shape index (κ2) is 9.32. The number of piperidine rings is 1. The van der Waals surface area contributed by atoms with Gasteiger partial charge in [0.2, 0.25) is 5.91 Å². The Labute approximate surface area is 167 Å². The predicted molar refractivity (Wildman–Crippen MR) is 115 cm³/mol. The van der Waals surface area contributed by atoms with E-state index in [-0.39, 0.29) is 17.2 Å². The summed E-state index contributed by atoms with van der Waals surface area (Å²) in [4.78, 5) is 16.1. The molecule has 0 aliphatic carbocycles. The average molecular weight is 383 g/mol. The highest BCUT2D eigenvalue weighted by molar-refractivity contribution is 8.00. The molecule has 1 heterocycles. The van der Waals surface area contributed by atoms with Gasteiger partial charge in [0, 0.05) is 23.7 Å². The average Bonchev–Trinajstić information content (AvgIpc) is 2.69. The molecule has 1 aliphatic heterocycles. The van der Waals surface area contributed by atoms with Crippen LogP contribution in [-0.4, -0.2) is 24.2 Å². The van der Waals surface area contributed by atoms with Crippen LogP contribution >= 0.6 is 11.8 Å². The van der Waals surface area contributed by atoms with Crippen molar-refractivity contribution in [2.75, 3.05) is 18.0 Å². The SMILES string of the molecule is CC1CCCN(c2ccc(C(C)NC(=O)C(C)Sc3ccccc3)cc2)C1. The lowest BCUT2D eigenvalue weighted by Crippen LogP contribution is -2.34. The lowest BCUT2D eigenvalue weighted by atomic mass is 9.99. The smallest absolute Gasteiger partial charge is 0.233 e. The Morgan fingerprint density at radius 1 is 1.11 bits per heavy atom. The van der Waals surface area contributed by atoms with Crippen molar-refractivity contribution < 1.29 is 4.79 Å². The molecule has 1 aliphatic rings. The van der Waals surface area contributed by atoms with Crippen LogP contribution < -0.4 is 10.2 Å². The Morgan fingerprint density at radius 2 is 1.81 bits per heavy atom. The number of carbonyl (C=O) groups is 1. The fourth-order valence-electron chi connectivity index (χ4n) is 3.57. The first-order valence-corrected chi connectivity index (χ1v) is 10.8. The zero-order valence-electron chi connectivity index (χ0n) is 16.5. The van der Waals surface area contributed by atoms with Crippen molar-refractivity contribution in [3.63, 3.8) is 0 Å². The summed E-state index contributed by atoms with van der Waals surface area (Å²) < 4.78 is 0. The van der Waals surface area contributed by atoms with Crippen LogP contribution in [0.5, 0.6) is 0 Å². The highest BCUT2D eigenvalue weighted by Gasteiger charge is 2.19. The molecule has 0 bridgehead atoms. The number of hydrogen-bond donors (Lipinski definition) is 1. The second-order valence-electron chi connectivity index (χ2n) is 7.59. The third-order valence-corrected chi connectivity index (χ3v) is 6.31. The lowest BCUT2D eigenvalue weighted by Gasteiger charge is -2.33. The number of amides is 1. The number of thioether (sulfide) groups is 1. The first kappa shape index (κ1) is 19.8. The van der Waals surface area contributed by atoms with Crippen LogP contribution in [0.2, 0.25) is 0 Å². The molecule has 0 spiro atoms. The molecule has 0 radical (unpaired) electrons. The van der Waals surface area contributed by atoms with Crippen LogP contribution in [0.4, 0.5) is 5.69 Å². The van der Waals surface area contributed by atoms with Gasteiger partial charge in [0.15, 0.2) is 0 Å². The van der Waals surface area contributed by atoms with Crippen molar-refractivity contribution in [2.24, 2.45) is 5.92 Å². The van der Waals surface area contributed by atoms with Crippen LogP contribution in [0.3, 0.4) is 0 Å². The number of nitrogens with zero attached hydrogens (tertiary/aromatic N) is 1. The van der Waals surface area contributed by atoms with Gasteiger partial charge in [-0.3, -0.25) is 4.79 Å². The Hall–Kier alpha value is -1.94. The molecule has 3 atom stereocenters. The van der Waals surface area contributed by atoms with E-state index in [0.717, 1.165) is 29.5 Å². The first-order valence-electron chi connectivity index (χ1n) is 9.90. The maximum atomic E-state index is 12.5. The largest absolute Gasteiger partial charge is 0.371 e. The molecule has 3 nitrogen and oxygen atoms in total. The van der Waals surface area contributed by atoms with E-state index in [2.05, 4.69) is 48.3 Å². The van der Waals surface area contributed by atoms with Gasteiger partial charge in [0.05, 0.1) is 11.3 Å². The summed E-state index contributed by atoms with van der Waals surface area (Å²) in [6, 6.07) is 18.8. The normalized spacial score (nSPS) is 19.4. The van der Waals surface area contributed by atoms with E-state index in [0.29, 0.717) is 0 Å². The molecule has 1 saturated heterocycles. The quantitative estimate of drug-likeness (QED) is 0.690. The third-order valence-electron chi connectivity index (χ3n) is 5.20. The summed E-state index contributed by atoms with van der Waals surface area (Å²) >= 11 is 1.59. The Bertz CT molecular complexity index is 732. The topological polar surface area (TPSA) is 32.3 Å². The molecule has 144 valence electrons. The van der Waals surface area contributed by atoms with E-state index in [1.54, 1.807) is 11.8 Å². The van der Waals surface area contributed by atoms with E-state index in [1.165, 1.54) is 18.5 Å². The Kier molecular flexibility index (Phi) is 6.84. The summed E-state index contributed by atoms with van der Waals surface area (Å²) in [6.45, 7) is 8.62. The summed E-state index contributed by atoms with van der Waals surface area (Å²) in [7, 11) is 0. The zero-order chi connectivity index (χ0) is 19.2. The number of hydrogen-bond acceptors (Lipinski definition) is 3. The number of carbonyl (C=O) groups excluding carboxylic acids is 1. The van der Waals surface area contributed by atoms with Crippen LogP contribution in [-0.2, 0) is 4.79 Å². The first-order chi connectivity index (χ1) is 13.0. The molecule has 1 amide bonds. The number of anilines is 1. The van der Waals surface area contributed by atoms with Gasteiger partial charge in [-0.25, -0.2) is 0 Å². The van der Waals surface area contributed by atoms with E-state index < -0.39 is 0 Å². The molecule has 1 fully saturated rings. The minimum Gasteiger partial charge on any atom is -0.371 e. The molecule has 0 aromatic heterocycles. The Balaban J connectivity index is 1.55. The van der Waals surface area contributed by atoms with Gasteiger partial charge in [-0.1, -0.05) is 37.3 Å². The van der Waals surface area contributed by atoms with Crippen LogP contribution in [0.1, 0.15) is 45.2 Å². The van der Waals surface area contributed by atoms with Crippen molar-refractivity contribution in [3.8, 4) is 0 Å². The van der Waals surface area contributed by atoms with Crippen LogP contribution in [0.25, 0.3) is 0 Å². The fourth-order valence-corrected chi connectivity index (χ4v) is 4.47. The number of rotatable bonds is 6. The Morgan fingerprint density at radius 3 is 2.48 bits per heavy atom. The minimum absolute atomic E-state index is 0.00523. The van der Waals surface area contributed by atoms with Gasteiger partial charge in [-0.15, -0.1) is 11.8 Å². The monoisotopic (exact) mass is 382 g/mol. The van der Waals surface area contributed by atoms with Crippen molar-refractivity contribution in [3.05, 3.63) is 60.2 Å². The molecule has 27 heavy (non-hydrogen) atoms. The zero-order valence-corrected chi connectivity index (χ0v) is 17.3. The number of benzene rings is 2. The van der Waals surface area contributed by atoms with Crippen molar-refractivity contribution in [1.29, 1.82) is 0 Å². The second-order valence-corrected chi connectivity index (χ2v) is 9.00. The van der Waals surface area contributed by atoms with E-state index >= 15 is 0 Å². The summed E-state index contributed by atoms with van der Waals surface area (Å²) in [5.41, 5.74) is 2.44. The fraction of sp³-hybridized carbons (Fsp3) is 0.435. The van der Waals surface area contributed by atoms with Crippen molar-refractivity contribution in [2.45, 2.75) is 49.8 Å². The van der Waals surface area contributed by atoms with Gasteiger partial charge >= 0.3 is 0 Å². The van der Waals surface area contributed by atoms with Crippen molar-refractivity contribution >= 4 is 23.4 Å². The van der Waals surface area contributed by atoms with Gasteiger partial charge in [-0.05, 0) is 62.4 Å². The summed E-state index contributed by atoms with van der Waals surface area (Å²) in [6.07, 6.45) is 2.60. The molecule has 3 rings (SSSR count). The highest BCUT2D eigenvalue weighted by atomic mass is 32.2. The van der Waals surface area contributed by atoms with Gasteiger partial charge in [0.1, 0.15) is 0 Å². The summed E-state index contributed by atoms with van der Waals surface area (Å²) in [5, 5.41) is 3.03.